The van der Waals surface area contributed by atoms with Gasteiger partial charge in [-0.3, -0.25) is 4.79 Å². The summed E-state index contributed by atoms with van der Waals surface area (Å²) in [6.07, 6.45) is 2.33. The minimum Gasteiger partial charge on any atom is -0.466 e. The van der Waals surface area contributed by atoms with Crippen molar-refractivity contribution < 1.29 is 9.53 Å². The number of nitrogens with one attached hydrogen (secondary N) is 1. The van der Waals surface area contributed by atoms with E-state index in [1.165, 1.54) is 19.5 Å². The first-order valence-electron chi connectivity index (χ1n) is 7.77. The van der Waals surface area contributed by atoms with Gasteiger partial charge in [-0.25, -0.2) is 4.98 Å². The van der Waals surface area contributed by atoms with Crippen molar-refractivity contribution in [3.63, 3.8) is 0 Å². The smallest absolute Gasteiger partial charge is 0.306 e. The molecule has 2 heterocycles. The summed E-state index contributed by atoms with van der Waals surface area (Å²) in [6.45, 7) is 9.01. The fourth-order valence-corrected chi connectivity index (χ4v) is 3.32. The van der Waals surface area contributed by atoms with E-state index in [1.54, 1.807) is 11.3 Å². The maximum absolute atomic E-state index is 11.3. The number of nitrogens with zero attached hydrogens (tertiary/aromatic N) is 2. The number of esters is 1. The first-order chi connectivity index (χ1) is 10.2. The third kappa shape index (κ3) is 5.28. The molecular weight excluding hydrogens is 286 g/mol. The van der Waals surface area contributed by atoms with Gasteiger partial charge >= 0.3 is 5.97 Å². The molecule has 118 valence electrons. The van der Waals surface area contributed by atoms with E-state index in [0.29, 0.717) is 19.4 Å². The predicted molar refractivity (Wildman–Crippen MR) is 85.8 cm³/mol. The summed E-state index contributed by atoms with van der Waals surface area (Å²) in [5, 5.41) is 6.41. The highest BCUT2D eigenvalue weighted by atomic mass is 32.1. The number of rotatable bonds is 8. The Labute approximate surface area is 130 Å². The molecule has 0 spiro atoms. The van der Waals surface area contributed by atoms with Crippen molar-refractivity contribution in [1.29, 1.82) is 0 Å². The minimum absolute atomic E-state index is 0.148. The quantitative estimate of drug-likeness (QED) is 0.747. The second kappa shape index (κ2) is 8.34. The highest BCUT2D eigenvalue weighted by Crippen LogP contribution is 2.20. The Morgan fingerprint density at radius 3 is 3.14 bits per heavy atom. The molecule has 1 aliphatic rings. The Balaban J connectivity index is 1.69. The molecule has 0 aromatic carbocycles. The standard InChI is InChI=1S/C15H25N3O2S/c1-3-18-8-7-12(10-18)9-16-15-17-13(11-21-15)5-6-14(19)20-4-2/h11-12H,3-10H2,1-2H3,(H,16,17). The van der Waals surface area contributed by atoms with Gasteiger partial charge < -0.3 is 15.0 Å². The molecule has 5 nitrogen and oxygen atoms in total. The van der Waals surface area contributed by atoms with E-state index < -0.39 is 0 Å². The SMILES string of the molecule is CCOC(=O)CCc1csc(NCC2CCN(CC)C2)n1. The van der Waals surface area contributed by atoms with Crippen molar-refractivity contribution in [3.05, 3.63) is 11.1 Å². The van der Waals surface area contributed by atoms with E-state index in [-0.39, 0.29) is 5.97 Å². The number of thiazole rings is 1. The number of hydrogen-bond donors (Lipinski definition) is 1. The lowest BCUT2D eigenvalue weighted by Crippen LogP contribution is -2.22. The Kier molecular flexibility index (Phi) is 6.45. The molecule has 21 heavy (non-hydrogen) atoms. The van der Waals surface area contributed by atoms with E-state index in [2.05, 4.69) is 22.1 Å². The van der Waals surface area contributed by atoms with Crippen LogP contribution in [0.1, 0.15) is 32.4 Å². The normalized spacial score (nSPS) is 18.9. The summed E-state index contributed by atoms with van der Waals surface area (Å²) in [7, 11) is 0. The predicted octanol–water partition coefficient (Wildman–Crippen LogP) is 2.39. The number of anilines is 1. The zero-order valence-corrected chi connectivity index (χ0v) is 13.7. The maximum atomic E-state index is 11.3. The Morgan fingerprint density at radius 2 is 2.43 bits per heavy atom. The van der Waals surface area contributed by atoms with Crippen molar-refractivity contribution in [1.82, 2.24) is 9.88 Å². The van der Waals surface area contributed by atoms with Gasteiger partial charge in [-0.1, -0.05) is 6.92 Å². The van der Waals surface area contributed by atoms with Gasteiger partial charge in [-0.15, -0.1) is 11.3 Å². The van der Waals surface area contributed by atoms with E-state index in [1.807, 2.05) is 12.3 Å². The lowest BCUT2D eigenvalue weighted by molar-refractivity contribution is -0.143. The molecule has 1 aromatic rings. The topological polar surface area (TPSA) is 54.5 Å². The number of carbonyl (C=O) groups excluding carboxylic acids is 1. The lowest BCUT2D eigenvalue weighted by Gasteiger charge is -2.13. The number of ether oxygens (including phenoxy) is 1. The molecule has 1 aromatic heterocycles. The molecule has 0 saturated carbocycles. The van der Waals surface area contributed by atoms with Crippen LogP contribution in [0.3, 0.4) is 0 Å². The summed E-state index contributed by atoms with van der Waals surface area (Å²) >= 11 is 1.62. The number of aromatic nitrogens is 1. The van der Waals surface area contributed by atoms with E-state index in [9.17, 15) is 4.79 Å². The maximum Gasteiger partial charge on any atom is 0.306 e. The molecule has 6 heteroatoms. The Hall–Kier alpha value is -1.14. The van der Waals surface area contributed by atoms with Crippen LogP contribution in [0.5, 0.6) is 0 Å². The number of hydrogen-bond acceptors (Lipinski definition) is 6. The molecule has 1 saturated heterocycles. The van der Waals surface area contributed by atoms with Crippen LogP contribution in [0.25, 0.3) is 0 Å². The van der Waals surface area contributed by atoms with Gasteiger partial charge in [0.25, 0.3) is 0 Å². The first kappa shape index (κ1) is 16.2. The van der Waals surface area contributed by atoms with E-state index >= 15 is 0 Å². The number of aryl methyl sites for hydroxylation is 1. The van der Waals surface area contributed by atoms with Crippen LogP contribution < -0.4 is 5.32 Å². The third-order valence-electron chi connectivity index (χ3n) is 3.80. The van der Waals surface area contributed by atoms with Crippen LogP contribution in [0.2, 0.25) is 0 Å². The molecule has 1 fully saturated rings. The van der Waals surface area contributed by atoms with Crippen molar-refractivity contribution in [2.24, 2.45) is 5.92 Å². The van der Waals surface area contributed by atoms with Gasteiger partial charge in [0.15, 0.2) is 5.13 Å². The van der Waals surface area contributed by atoms with Gasteiger partial charge in [0.05, 0.1) is 18.7 Å². The van der Waals surface area contributed by atoms with Crippen LogP contribution >= 0.6 is 11.3 Å². The highest BCUT2D eigenvalue weighted by molar-refractivity contribution is 7.13. The molecule has 1 N–H and O–H groups in total. The summed E-state index contributed by atoms with van der Waals surface area (Å²) in [5.41, 5.74) is 0.970. The Morgan fingerprint density at radius 1 is 1.57 bits per heavy atom. The molecule has 2 rings (SSSR count). The van der Waals surface area contributed by atoms with Crippen molar-refractivity contribution in [2.75, 3.05) is 38.1 Å². The fourth-order valence-electron chi connectivity index (χ4n) is 2.56. The largest absolute Gasteiger partial charge is 0.466 e. The number of likely N-dealkylation sites (tertiary alicyclic amines) is 1. The molecule has 1 unspecified atom stereocenters. The van der Waals surface area contributed by atoms with Crippen molar-refractivity contribution >= 4 is 22.4 Å². The van der Waals surface area contributed by atoms with E-state index in [4.69, 9.17) is 4.74 Å². The molecule has 1 aliphatic heterocycles. The zero-order chi connectivity index (χ0) is 15.1. The van der Waals surface area contributed by atoms with Gasteiger partial charge in [0.2, 0.25) is 0 Å². The fraction of sp³-hybridized carbons (Fsp3) is 0.733. The highest BCUT2D eigenvalue weighted by Gasteiger charge is 2.20. The molecule has 0 radical (unpaired) electrons. The third-order valence-corrected chi connectivity index (χ3v) is 4.65. The second-order valence-corrected chi connectivity index (χ2v) is 6.24. The summed E-state index contributed by atoms with van der Waals surface area (Å²) in [5.74, 6) is 0.572. The number of carbonyl (C=O) groups is 1. The summed E-state index contributed by atoms with van der Waals surface area (Å²) in [6, 6.07) is 0. The van der Waals surface area contributed by atoms with Crippen LogP contribution in [0, 0.1) is 5.92 Å². The van der Waals surface area contributed by atoms with Crippen molar-refractivity contribution in [2.45, 2.75) is 33.1 Å². The van der Waals surface area contributed by atoms with Gasteiger partial charge in [0, 0.05) is 24.9 Å². The summed E-state index contributed by atoms with van der Waals surface area (Å²) in [4.78, 5) is 18.3. The average molecular weight is 311 g/mol. The molecule has 0 bridgehead atoms. The first-order valence-corrected chi connectivity index (χ1v) is 8.65. The van der Waals surface area contributed by atoms with Gasteiger partial charge in [-0.2, -0.15) is 0 Å². The lowest BCUT2D eigenvalue weighted by atomic mass is 10.1. The molecule has 0 aliphatic carbocycles. The molecular formula is C15H25N3O2S. The van der Waals surface area contributed by atoms with Crippen LogP contribution in [-0.2, 0) is 16.0 Å². The summed E-state index contributed by atoms with van der Waals surface area (Å²) < 4.78 is 4.92. The minimum atomic E-state index is -0.148. The van der Waals surface area contributed by atoms with Crippen LogP contribution in [-0.4, -0.2) is 48.6 Å². The second-order valence-electron chi connectivity index (χ2n) is 5.38. The molecule has 1 atom stereocenters. The van der Waals surface area contributed by atoms with Gasteiger partial charge in [0.1, 0.15) is 0 Å². The monoisotopic (exact) mass is 311 g/mol. The van der Waals surface area contributed by atoms with Gasteiger partial charge in [-0.05, 0) is 32.4 Å². The zero-order valence-electron chi connectivity index (χ0n) is 12.9. The average Bonchev–Trinajstić information content (AvgIpc) is 3.12. The molecule has 0 amide bonds. The van der Waals surface area contributed by atoms with Crippen LogP contribution in [0.4, 0.5) is 5.13 Å². The van der Waals surface area contributed by atoms with E-state index in [0.717, 1.165) is 29.8 Å². The van der Waals surface area contributed by atoms with Crippen LogP contribution in [0.15, 0.2) is 5.38 Å². The Bertz CT molecular complexity index is 450. The van der Waals surface area contributed by atoms with Crippen molar-refractivity contribution in [3.8, 4) is 0 Å².